The van der Waals surface area contributed by atoms with Gasteiger partial charge in [-0.3, -0.25) is 4.79 Å². The third-order valence-corrected chi connectivity index (χ3v) is 4.15. The van der Waals surface area contributed by atoms with Gasteiger partial charge in [0.25, 0.3) is 0 Å². The fourth-order valence-corrected chi connectivity index (χ4v) is 2.90. The molecule has 2 aliphatic rings. The molecule has 0 aromatic heterocycles. The number of hydrogen-bond acceptors (Lipinski definition) is 4. The molecule has 21 heavy (non-hydrogen) atoms. The van der Waals surface area contributed by atoms with Crippen molar-refractivity contribution in [2.75, 3.05) is 32.8 Å². The maximum atomic E-state index is 12.1. The van der Waals surface area contributed by atoms with Gasteiger partial charge in [0.05, 0.1) is 13.2 Å². The van der Waals surface area contributed by atoms with Crippen LogP contribution in [0.3, 0.4) is 0 Å². The number of piperidine rings is 1. The first-order valence-corrected chi connectivity index (χ1v) is 7.54. The van der Waals surface area contributed by atoms with Crippen LogP contribution in [0.1, 0.15) is 32.6 Å². The molecule has 2 fully saturated rings. The van der Waals surface area contributed by atoms with Gasteiger partial charge in [0.1, 0.15) is 0 Å². The summed E-state index contributed by atoms with van der Waals surface area (Å²) in [6.45, 7) is 4.87. The summed E-state index contributed by atoms with van der Waals surface area (Å²) in [6, 6.07) is -0.133. The SMILES string of the molecule is CC1(C2CCCN(C(=O)NCCCC(=O)O)C2)OCCO1. The number of carbonyl (C=O) groups excluding carboxylic acids is 1. The van der Waals surface area contributed by atoms with E-state index in [1.54, 1.807) is 4.90 Å². The highest BCUT2D eigenvalue weighted by atomic mass is 16.7. The Bertz CT molecular complexity index is 382. The summed E-state index contributed by atoms with van der Waals surface area (Å²) in [5.74, 6) is -1.24. The molecule has 2 aliphatic heterocycles. The third-order valence-electron chi connectivity index (χ3n) is 4.15. The molecule has 1 atom stereocenters. The van der Waals surface area contributed by atoms with Crippen molar-refractivity contribution in [1.82, 2.24) is 10.2 Å². The summed E-state index contributed by atoms with van der Waals surface area (Å²) in [4.78, 5) is 24.3. The van der Waals surface area contributed by atoms with E-state index in [4.69, 9.17) is 14.6 Å². The highest BCUT2D eigenvalue weighted by Crippen LogP contribution is 2.33. The average molecular weight is 300 g/mol. The number of urea groups is 1. The fourth-order valence-electron chi connectivity index (χ4n) is 2.90. The summed E-state index contributed by atoms with van der Waals surface area (Å²) in [5.41, 5.74) is 0. The Balaban J connectivity index is 1.77. The van der Waals surface area contributed by atoms with Gasteiger partial charge >= 0.3 is 12.0 Å². The summed E-state index contributed by atoms with van der Waals surface area (Å²) in [6.07, 6.45) is 2.43. The second-order valence-electron chi connectivity index (χ2n) is 5.73. The van der Waals surface area contributed by atoms with E-state index >= 15 is 0 Å². The Morgan fingerprint density at radius 1 is 1.38 bits per heavy atom. The van der Waals surface area contributed by atoms with Crippen molar-refractivity contribution < 1.29 is 24.2 Å². The predicted octanol–water partition coefficient (Wildman–Crippen LogP) is 1.04. The van der Waals surface area contributed by atoms with E-state index in [0.717, 1.165) is 19.4 Å². The lowest BCUT2D eigenvalue weighted by atomic mass is 9.90. The lowest BCUT2D eigenvalue weighted by Crippen LogP contribution is -2.51. The minimum atomic E-state index is -0.842. The number of nitrogens with zero attached hydrogens (tertiary/aromatic N) is 1. The van der Waals surface area contributed by atoms with Crippen LogP contribution in [-0.2, 0) is 14.3 Å². The molecule has 0 aromatic rings. The Kier molecular flexibility index (Phi) is 5.41. The summed E-state index contributed by atoms with van der Waals surface area (Å²) in [7, 11) is 0. The quantitative estimate of drug-likeness (QED) is 0.741. The van der Waals surface area contributed by atoms with Crippen LogP contribution >= 0.6 is 0 Å². The van der Waals surface area contributed by atoms with Gasteiger partial charge in [0, 0.05) is 32.0 Å². The predicted molar refractivity (Wildman–Crippen MR) is 74.9 cm³/mol. The van der Waals surface area contributed by atoms with Crippen LogP contribution in [0, 0.1) is 5.92 Å². The molecule has 0 radical (unpaired) electrons. The van der Waals surface area contributed by atoms with Crippen molar-refractivity contribution in [2.24, 2.45) is 5.92 Å². The number of carbonyl (C=O) groups is 2. The zero-order valence-corrected chi connectivity index (χ0v) is 12.5. The zero-order valence-electron chi connectivity index (χ0n) is 12.5. The number of aliphatic carboxylic acids is 1. The number of hydrogen-bond donors (Lipinski definition) is 2. The van der Waals surface area contributed by atoms with Crippen LogP contribution in [0.5, 0.6) is 0 Å². The van der Waals surface area contributed by atoms with Crippen LogP contribution in [0.4, 0.5) is 4.79 Å². The lowest BCUT2D eigenvalue weighted by Gasteiger charge is -2.39. The van der Waals surface area contributed by atoms with Crippen molar-refractivity contribution >= 4 is 12.0 Å². The minimum Gasteiger partial charge on any atom is -0.481 e. The summed E-state index contributed by atoms with van der Waals surface area (Å²) < 4.78 is 11.4. The molecule has 1 unspecified atom stereocenters. The highest BCUT2D eigenvalue weighted by Gasteiger charge is 2.42. The molecule has 0 aromatic carbocycles. The van der Waals surface area contributed by atoms with Gasteiger partial charge in [-0.15, -0.1) is 0 Å². The van der Waals surface area contributed by atoms with Crippen molar-refractivity contribution in [3.63, 3.8) is 0 Å². The number of amides is 2. The van der Waals surface area contributed by atoms with Gasteiger partial charge in [-0.2, -0.15) is 0 Å². The van der Waals surface area contributed by atoms with Crippen molar-refractivity contribution in [3.8, 4) is 0 Å². The highest BCUT2D eigenvalue weighted by molar-refractivity contribution is 5.74. The molecule has 2 rings (SSSR count). The van der Waals surface area contributed by atoms with Gasteiger partial charge < -0.3 is 24.8 Å². The Labute approximate surface area is 124 Å². The molecule has 0 bridgehead atoms. The number of ether oxygens (including phenoxy) is 2. The van der Waals surface area contributed by atoms with Gasteiger partial charge in [-0.25, -0.2) is 4.79 Å². The molecular weight excluding hydrogens is 276 g/mol. The van der Waals surface area contributed by atoms with Crippen molar-refractivity contribution in [1.29, 1.82) is 0 Å². The molecular formula is C14H24N2O5. The number of carboxylic acid groups (broad SMARTS) is 1. The largest absolute Gasteiger partial charge is 0.481 e. The molecule has 2 heterocycles. The zero-order chi connectivity index (χ0) is 15.3. The van der Waals surface area contributed by atoms with Crippen LogP contribution < -0.4 is 5.32 Å². The van der Waals surface area contributed by atoms with Gasteiger partial charge in [0.15, 0.2) is 5.79 Å². The monoisotopic (exact) mass is 300 g/mol. The van der Waals surface area contributed by atoms with Crippen molar-refractivity contribution in [2.45, 2.75) is 38.4 Å². The van der Waals surface area contributed by atoms with E-state index in [2.05, 4.69) is 5.32 Å². The molecule has 120 valence electrons. The van der Waals surface area contributed by atoms with E-state index in [9.17, 15) is 9.59 Å². The van der Waals surface area contributed by atoms with Crippen LogP contribution in [0.15, 0.2) is 0 Å². The molecule has 0 spiro atoms. The number of rotatable bonds is 5. The first-order chi connectivity index (χ1) is 10.0. The maximum absolute atomic E-state index is 12.1. The number of carboxylic acids is 1. The first kappa shape index (κ1) is 16.0. The molecule has 2 amide bonds. The van der Waals surface area contributed by atoms with Gasteiger partial charge in [0.2, 0.25) is 0 Å². The van der Waals surface area contributed by atoms with E-state index < -0.39 is 11.8 Å². The molecule has 0 saturated carbocycles. The maximum Gasteiger partial charge on any atom is 0.317 e. The normalized spacial score (nSPS) is 24.8. The standard InChI is InChI=1S/C14H24N2O5/c1-14(20-8-9-21-14)11-4-3-7-16(10-11)13(19)15-6-2-5-12(17)18/h11H,2-10H2,1H3,(H,15,19)(H,17,18). The van der Waals surface area contributed by atoms with E-state index in [1.165, 1.54) is 0 Å². The van der Waals surface area contributed by atoms with Crippen LogP contribution in [0.2, 0.25) is 0 Å². The summed E-state index contributed by atoms with van der Waals surface area (Å²) >= 11 is 0. The van der Waals surface area contributed by atoms with Gasteiger partial charge in [-0.1, -0.05) is 0 Å². The second kappa shape index (κ2) is 7.09. The molecule has 7 heteroatoms. The summed E-state index contributed by atoms with van der Waals surface area (Å²) in [5, 5.41) is 11.3. The lowest BCUT2D eigenvalue weighted by molar-refractivity contribution is -0.189. The Morgan fingerprint density at radius 3 is 2.76 bits per heavy atom. The van der Waals surface area contributed by atoms with Crippen LogP contribution in [-0.4, -0.2) is 60.6 Å². The molecule has 2 N–H and O–H groups in total. The van der Waals surface area contributed by atoms with E-state index in [-0.39, 0.29) is 18.4 Å². The fraction of sp³-hybridized carbons (Fsp3) is 0.857. The van der Waals surface area contributed by atoms with Crippen molar-refractivity contribution in [3.05, 3.63) is 0 Å². The molecule has 7 nitrogen and oxygen atoms in total. The third kappa shape index (κ3) is 4.31. The smallest absolute Gasteiger partial charge is 0.317 e. The Morgan fingerprint density at radius 2 is 2.10 bits per heavy atom. The number of nitrogens with one attached hydrogen (secondary N) is 1. The van der Waals surface area contributed by atoms with E-state index in [0.29, 0.717) is 32.7 Å². The first-order valence-electron chi connectivity index (χ1n) is 7.54. The topological polar surface area (TPSA) is 88.1 Å². The molecule has 0 aliphatic carbocycles. The number of likely N-dealkylation sites (tertiary alicyclic amines) is 1. The van der Waals surface area contributed by atoms with Crippen LogP contribution in [0.25, 0.3) is 0 Å². The average Bonchev–Trinajstić information content (AvgIpc) is 2.91. The Hall–Kier alpha value is -1.34. The minimum absolute atomic E-state index is 0.0721. The van der Waals surface area contributed by atoms with Gasteiger partial charge in [-0.05, 0) is 26.2 Å². The second-order valence-corrected chi connectivity index (χ2v) is 5.73. The molecule has 2 saturated heterocycles. The van der Waals surface area contributed by atoms with E-state index in [1.807, 2.05) is 6.92 Å².